The van der Waals surface area contributed by atoms with Crippen LogP contribution < -0.4 is 5.32 Å². The Hall–Kier alpha value is -1.55. The Bertz CT molecular complexity index is 597. The van der Waals surface area contributed by atoms with Crippen LogP contribution in [-0.2, 0) is 4.74 Å². The van der Waals surface area contributed by atoms with E-state index in [-0.39, 0.29) is 17.7 Å². The summed E-state index contributed by atoms with van der Waals surface area (Å²) in [6.07, 6.45) is 6.86. The third-order valence-electron chi connectivity index (χ3n) is 5.67. The third kappa shape index (κ3) is 2.63. The Morgan fingerprint density at radius 1 is 1.30 bits per heavy atom. The van der Waals surface area contributed by atoms with Crippen LogP contribution in [0.5, 0.6) is 0 Å². The van der Waals surface area contributed by atoms with Gasteiger partial charge in [-0.3, -0.25) is 4.79 Å². The molecular weight excluding hydrogens is 288 g/mol. The van der Waals surface area contributed by atoms with E-state index >= 15 is 0 Å². The summed E-state index contributed by atoms with van der Waals surface area (Å²) in [5.74, 6) is 0.810. The quantitative estimate of drug-likeness (QED) is 0.906. The van der Waals surface area contributed by atoms with E-state index in [9.17, 15) is 4.79 Å². The zero-order valence-electron chi connectivity index (χ0n) is 13.9. The molecule has 0 bridgehead atoms. The Balaban J connectivity index is 1.70. The lowest BCUT2D eigenvalue weighted by molar-refractivity contribution is 0.00472. The van der Waals surface area contributed by atoms with E-state index in [4.69, 9.17) is 4.74 Å². The van der Waals surface area contributed by atoms with Crippen LogP contribution in [0.25, 0.3) is 0 Å². The number of para-hydroxylation sites is 1. The average molecular weight is 314 g/mol. The summed E-state index contributed by atoms with van der Waals surface area (Å²) >= 11 is 0. The van der Waals surface area contributed by atoms with E-state index in [0.717, 1.165) is 43.5 Å². The maximum Gasteiger partial charge on any atom is 0.257 e. The number of rotatable bonds is 2. The van der Waals surface area contributed by atoms with Crippen LogP contribution in [0.4, 0.5) is 5.69 Å². The number of amides is 1. The van der Waals surface area contributed by atoms with Crippen molar-refractivity contribution in [3.63, 3.8) is 0 Å². The van der Waals surface area contributed by atoms with Gasteiger partial charge in [-0.15, -0.1) is 0 Å². The van der Waals surface area contributed by atoms with Crippen molar-refractivity contribution in [2.45, 2.75) is 57.2 Å². The predicted molar refractivity (Wildman–Crippen MR) is 90.4 cm³/mol. The van der Waals surface area contributed by atoms with Gasteiger partial charge >= 0.3 is 0 Å². The molecule has 3 aliphatic rings. The molecule has 1 N–H and O–H groups in total. The first-order chi connectivity index (χ1) is 11.2. The van der Waals surface area contributed by atoms with Crippen molar-refractivity contribution >= 4 is 11.6 Å². The van der Waals surface area contributed by atoms with Crippen LogP contribution in [0.3, 0.4) is 0 Å². The lowest BCUT2D eigenvalue weighted by atomic mass is 9.79. The Labute approximate surface area is 138 Å². The van der Waals surface area contributed by atoms with Crippen molar-refractivity contribution in [2.24, 2.45) is 5.92 Å². The fraction of sp³-hybridized carbons (Fsp3) is 0.632. The zero-order valence-corrected chi connectivity index (χ0v) is 13.9. The second-order valence-corrected chi connectivity index (χ2v) is 7.45. The molecule has 124 valence electrons. The van der Waals surface area contributed by atoms with Gasteiger partial charge in [-0.05, 0) is 50.2 Å². The maximum atomic E-state index is 13.2. The molecule has 1 aliphatic carbocycles. The molecule has 1 spiro atoms. The predicted octanol–water partition coefficient (Wildman–Crippen LogP) is 3.64. The van der Waals surface area contributed by atoms with E-state index in [1.807, 2.05) is 24.3 Å². The van der Waals surface area contributed by atoms with E-state index in [2.05, 4.69) is 17.1 Å². The summed E-state index contributed by atoms with van der Waals surface area (Å²) in [5.41, 5.74) is 1.57. The largest absolute Gasteiger partial charge is 0.376 e. The second kappa shape index (κ2) is 5.82. The molecule has 4 heteroatoms. The minimum Gasteiger partial charge on any atom is -0.376 e. The van der Waals surface area contributed by atoms with Crippen molar-refractivity contribution in [3.05, 3.63) is 29.8 Å². The van der Waals surface area contributed by atoms with Gasteiger partial charge in [0.2, 0.25) is 0 Å². The minimum atomic E-state index is -0.227. The Kier molecular flexibility index (Phi) is 3.80. The lowest BCUT2D eigenvalue weighted by Crippen LogP contribution is -2.63. The van der Waals surface area contributed by atoms with Gasteiger partial charge < -0.3 is 15.0 Å². The van der Waals surface area contributed by atoms with Gasteiger partial charge in [0, 0.05) is 18.8 Å². The smallest absolute Gasteiger partial charge is 0.257 e. The first-order valence-corrected chi connectivity index (χ1v) is 8.99. The molecule has 1 aromatic carbocycles. The summed E-state index contributed by atoms with van der Waals surface area (Å²) in [4.78, 5) is 15.3. The number of anilines is 1. The van der Waals surface area contributed by atoms with Crippen molar-refractivity contribution in [3.8, 4) is 0 Å². The van der Waals surface area contributed by atoms with Crippen LogP contribution >= 0.6 is 0 Å². The molecule has 2 aliphatic heterocycles. The number of ether oxygens (including phenoxy) is 1. The van der Waals surface area contributed by atoms with Crippen LogP contribution in [-0.4, -0.2) is 35.7 Å². The highest BCUT2D eigenvalue weighted by atomic mass is 16.5. The van der Waals surface area contributed by atoms with E-state index in [1.165, 1.54) is 12.8 Å². The summed E-state index contributed by atoms with van der Waals surface area (Å²) in [5, 5.41) is 3.75. The third-order valence-corrected chi connectivity index (χ3v) is 5.67. The molecule has 4 nitrogen and oxygen atoms in total. The second-order valence-electron chi connectivity index (χ2n) is 7.45. The molecule has 4 rings (SSSR count). The number of hydrogen-bond acceptors (Lipinski definition) is 3. The molecule has 23 heavy (non-hydrogen) atoms. The van der Waals surface area contributed by atoms with Gasteiger partial charge in [-0.2, -0.15) is 0 Å². The van der Waals surface area contributed by atoms with Crippen LogP contribution in [0.2, 0.25) is 0 Å². The number of fused-ring (bicyclic) bond motifs is 1. The molecular formula is C19H26N2O2. The number of hydrogen-bond donors (Lipinski definition) is 1. The highest BCUT2D eigenvalue weighted by Gasteiger charge is 2.47. The molecule has 1 saturated carbocycles. The average Bonchev–Trinajstić information content (AvgIpc) is 3.05. The van der Waals surface area contributed by atoms with Crippen LogP contribution in [0, 0.1) is 5.92 Å². The molecule has 3 atom stereocenters. The summed E-state index contributed by atoms with van der Waals surface area (Å²) in [6.45, 7) is 3.85. The highest BCUT2D eigenvalue weighted by Crippen LogP contribution is 2.42. The van der Waals surface area contributed by atoms with E-state index in [0.29, 0.717) is 12.5 Å². The summed E-state index contributed by atoms with van der Waals surface area (Å²) in [7, 11) is 0. The maximum absolute atomic E-state index is 13.2. The fourth-order valence-electron chi connectivity index (χ4n) is 4.57. The Morgan fingerprint density at radius 2 is 2.17 bits per heavy atom. The zero-order chi connectivity index (χ0) is 15.9. The lowest BCUT2D eigenvalue weighted by Gasteiger charge is -2.52. The molecule has 1 aromatic rings. The normalized spacial score (nSPS) is 33.6. The molecule has 1 amide bonds. The van der Waals surface area contributed by atoms with Crippen molar-refractivity contribution in [2.75, 3.05) is 18.5 Å². The van der Waals surface area contributed by atoms with Crippen LogP contribution in [0.1, 0.15) is 55.8 Å². The van der Waals surface area contributed by atoms with Crippen molar-refractivity contribution in [1.29, 1.82) is 0 Å². The van der Waals surface area contributed by atoms with Gasteiger partial charge in [0.15, 0.2) is 0 Å². The van der Waals surface area contributed by atoms with Crippen molar-refractivity contribution < 1.29 is 9.53 Å². The standard InChI is InChI=1S/C19H26N2O2/c1-14-6-4-10-19(12-14)20-17-9-3-2-8-16(17)18(22)21(19)13-15-7-5-11-23-15/h2-3,8-9,14-15,20H,4-7,10-13H2,1H3. The Morgan fingerprint density at radius 3 is 2.96 bits per heavy atom. The van der Waals surface area contributed by atoms with E-state index < -0.39 is 0 Å². The first kappa shape index (κ1) is 15.0. The highest BCUT2D eigenvalue weighted by molar-refractivity contribution is 6.02. The van der Waals surface area contributed by atoms with Crippen LogP contribution in [0.15, 0.2) is 24.3 Å². The van der Waals surface area contributed by atoms with Gasteiger partial charge in [0.05, 0.1) is 11.7 Å². The molecule has 0 aromatic heterocycles. The molecule has 2 heterocycles. The van der Waals surface area contributed by atoms with E-state index in [1.54, 1.807) is 0 Å². The minimum absolute atomic E-state index is 0.170. The topological polar surface area (TPSA) is 41.6 Å². The number of carbonyl (C=O) groups is 1. The first-order valence-electron chi connectivity index (χ1n) is 8.99. The monoisotopic (exact) mass is 314 g/mol. The summed E-state index contributed by atoms with van der Waals surface area (Å²) < 4.78 is 5.83. The SMILES string of the molecule is CC1CCCC2(C1)Nc1ccccc1C(=O)N2CC1CCCO1. The molecule has 1 saturated heterocycles. The summed E-state index contributed by atoms with van der Waals surface area (Å²) in [6, 6.07) is 7.93. The molecule has 0 radical (unpaired) electrons. The molecule has 2 fully saturated rings. The number of carbonyl (C=O) groups excluding carboxylic acids is 1. The fourth-order valence-corrected chi connectivity index (χ4v) is 4.57. The number of nitrogens with zero attached hydrogens (tertiary/aromatic N) is 1. The molecule has 3 unspecified atom stereocenters. The van der Waals surface area contributed by atoms with Gasteiger partial charge in [-0.1, -0.05) is 25.5 Å². The number of nitrogens with one attached hydrogen (secondary N) is 1. The van der Waals surface area contributed by atoms with Gasteiger partial charge in [-0.25, -0.2) is 0 Å². The van der Waals surface area contributed by atoms with Gasteiger partial charge in [0.25, 0.3) is 5.91 Å². The van der Waals surface area contributed by atoms with Gasteiger partial charge in [0.1, 0.15) is 5.66 Å². The van der Waals surface area contributed by atoms with Crippen molar-refractivity contribution in [1.82, 2.24) is 4.90 Å². The number of benzene rings is 1.